The summed E-state index contributed by atoms with van der Waals surface area (Å²) in [6.45, 7) is 0. The Morgan fingerprint density at radius 2 is 0.789 bits per heavy atom. The molecule has 1 heterocycles. The second-order valence-electron chi connectivity index (χ2n) is 15.1. The monoisotopic (exact) mass is 738 g/mol. The predicted molar refractivity (Wildman–Crippen MR) is 249 cm³/mol. The summed E-state index contributed by atoms with van der Waals surface area (Å²) in [5.74, 6) is 0. The average molecular weight is 739 g/mol. The first-order chi connectivity index (χ1) is 28.3. The lowest BCUT2D eigenvalue weighted by Crippen LogP contribution is -1.93. The van der Waals surface area contributed by atoms with Gasteiger partial charge in [-0.3, -0.25) is 0 Å². The summed E-state index contributed by atoms with van der Waals surface area (Å²) in [6.07, 6.45) is 0. The van der Waals surface area contributed by atoms with Crippen molar-refractivity contribution in [3.63, 3.8) is 0 Å². The van der Waals surface area contributed by atoms with Gasteiger partial charge in [-0.1, -0.05) is 182 Å². The molecule has 12 aromatic rings. The van der Waals surface area contributed by atoms with E-state index in [2.05, 4.69) is 206 Å². The van der Waals surface area contributed by atoms with E-state index < -0.39 is 0 Å². The summed E-state index contributed by atoms with van der Waals surface area (Å²) in [5, 5.41) is 15.5. The molecule has 0 nitrogen and oxygen atoms in total. The largest absolute Gasteiger partial charge is 0.135 e. The second kappa shape index (κ2) is 12.7. The van der Waals surface area contributed by atoms with Crippen LogP contribution in [-0.2, 0) is 0 Å². The smallest absolute Gasteiger partial charge is 0.0362 e. The highest BCUT2D eigenvalue weighted by Crippen LogP contribution is 2.48. The third-order valence-corrected chi connectivity index (χ3v) is 13.2. The number of hydrogen-bond acceptors (Lipinski definition) is 1. The average Bonchev–Trinajstić information content (AvgIpc) is 3.65. The molecule has 0 saturated carbocycles. The Kier molecular flexibility index (Phi) is 7.20. The molecule has 57 heavy (non-hydrogen) atoms. The highest BCUT2D eigenvalue weighted by molar-refractivity contribution is 7.26. The van der Waals surface area contributed by atoms with E-state index in [4.69, 9.17) is 0 Å². The van der Waals surface area contributed by atoms with Gasteiger partial charge in [0.05, 0.1) is 0 Å². The number of thiophene rings is 1. The molecule has 0 amide bonds. The van der Waals surface area contributed by atoms with Crippen LogP contribution in [0, 0.1) is 0 Å². The van der Waals surface area contributed by atoms with Crippen LogP contribution in [0.5, 0.6) is 0 Å². The third kappa shape index (κ3) is 4.99. The highest BCUT2D eigenvalue weighted by Gasteiger charge is 2.20. The van der Waals surface area contributed by atoms with Gasteiger partial charge in [-0.2, -0.15) is 0 Å². The molecule has 0 aliphatic rings. The molecular formula is C56H34S. The summed E-state index contributed by atoms with van der Waals surface area (Å²) >= 11 is 1.90. The van der Waals surface area contributed by atoms with Gasteiger partial charge in [0.15, 0.2) is 0 Å². The summed E-state index contributed by atoms with van der Waals surface area (Å²) in [5.41, 5.74) is 10.0. The number of fused-ring (bicyclic) bond motifs is 9. The van der Waals surface area contributed by atoms with Gasteiger partial charge in [-0.15, -0.1) is 11.3 Å². The first-order valence-electron chi connectivity index (χ1n) is 19.7. The molecule has 0 N–H and O–H groups in total. The molecule has 1 aromatic heterocycles. The van der Waals surface area contributed by atoms with Crippen molar-refractivity contribution >= 4 is 85.4 Å². The first-order valence-corrected chi connectivity index (χ1v) is 20.5. The number of benzene rings is 11. The Hall–Kier alpha value is -7.06. The van der Waals surface area contributed by atoms with Gasteiger partial charge in [0, 0.05) is 20.2 Å². The molecule has 11 aromatic carbocycles. The molecule has 0 unspecified atom stereocenters. The van der Waals surface area contributed by atoms with E-state index in [0.29, 0.717) is 0 Å². The van der Waals surface area contributed by atoms with Crippen molar-refractivity contribution in [1.82, 2.24) is 0 Å². The summed E-state index contributed by atoms with van der Waals surface area (Å²) < 4.78 is 2.67. The normalized spacial score (nSPS) is 11.9. The zero-order chi connectivity index (χ0) is 37.5. The SMILES string of the molecule is c1ccc(-c2ccc(-c3c4ccccc4c(-c4cccc(-c5cccc6cc7c(cc56)sc5ccc6ccccc6c57)c4)c4ccccc34)c3ccccc23)cc1. The summed E-state index contributed by atoms with van der Waals surface area (Å²) in [7, 11) is 0. The number of rotatable bonds is 4. The van der Waals surface area contributed by atoms with E-state index >= 15 is 0 Å². The molecular weight excluding hydrogens is 705 g/mol. The molecule has 12 rings (SSSR count). The van der Waals surface area contributed by atoms with Gasteiger partial charge in [-0.05, 0) is 123 Å². The molecule has 0 spiro atoms. The van der Waals surface area contributed by atoms with Crippen molar-refractivity contribution in [3.05, 3.63) is 206 Å². The van der Waals surface area contributed by atoms with E-state index in [1.807, 2.05) is 11.3 Å². The molecule has 1 heteroatoms. The third-order valence-electron chi connectivity index (χ3n) is 12.0. The van der Waals surface area contributed by atoms with Gasteiger partial charge in [0.1, 0.15) is 0 Å². The minimum Gasteiger partial charge on any atom is -0.135 e. The van der Waals surface area contributed by atoms with Gasteiger partial charge in [-0.25, -0.2) is 0 Å². The van der Waals surface area contributed by atoms with Crippen LogP contribution in [-0.4, -0.2) is 0 Å². The maximum absolute atomic E-state index is 2.43. The minimum atomic E-state index is 1.22. The molecule has 264 valence electrons. The van der Waals surface area contributed by atoms with Gasteiger partial charge in [0.2, 0.25) is 0 Å². The Bertz CT molecular complexity index is 3510. The second-order valence-corrected chi connectivity index (χ2v) is 16.2. The Morgan fingerprint density at radius 1 is 0.246 bits per heavy atom. The van der Waals surface area contributed by atoms with E-state index in [9.17, 15) is 0 Å². The van der Waals surface area contributed by atoms with Gasteiger partial charge in [0.25, 0.3) is 0 Å². The molecule has 0 fully saturated rings. The maximum Gasteiger partial charge on any atom is 0.0362 e. The lowest BCUT2D eigenvalue weighted by Gasteiger charge is -2.20. The first kappa shape index (κ1) is 32.2. The predicted octanol–water partition coefficient (Wildman–Crippen LogP) is 16.5. The van der Waals surface area contributed by atoms with Crippen molar-refractivity contribution in [2.24, 2.45) is 0 Å². The maximum atomic E-state index is 2.43. The quantitative estimate of drug-likeness (QED) is 0.158. The number of hydrogen-bond donors (Lipinski definition) is 0. The van der Waals surface area contributed by atoms with E-state index in [-0.39, 0.29) is 0 Å². The van der Waals surface area contributed by atoms with Crippen molar-refractivity contribution in [2.45, 2.75) is 0 Å². The zero-order valence-corrected chi connectivity index (χ0v) is 31.9. The van der Waals surface area contributed by atoms with E-state index in [0.717, 1.165) is 0 Å². The fraction of sp³-hybridized carbons (Fsp3) is 0. The van der Waals surface area contributed by atoms with Crippen LogP contribution >= 0.6 is 11.3 Å². The molecule has 0 atom stereocenters. The molecule has 0 saturated heterocycles. The molecule has 0 aliphatic heterocycles. The van der Waals surface area contributed by atoms with Crippen LogP contribution in [0.25, 0.3) is 119 Å². The van der Waals surface area contributed by atoms with E-state index in [1.54, 1.807) is 0 Å². The van der Waals surface area contributed by atoms with Gasteiger partial charge < -0.3 is 0 Å². The van der Waals surface area contributed by atoms with Gasteiger partial charge >= 0.3 is 0 Å². The Balaban J connectivity index is 1.07. The summed E-state index contributed by atoms with van der Waals surface area (Å²) in [4.78, 5) is 0. The van der Waals surface area contributed by atoms with Crippen LogP contribution in [0.15, 0.2) is 206 Å². The van der Waals surface area contributed by atoms with Crippen molar-refractivity contribution < 1.29 is 0 Å². The lowest BCUT2D eigenvalue weighted by molar-refractivity contribution is 1.63. The van der Waals surface area contributed by atoms with Crippen molar-refractivity contribution in [3.8, 4) is 44.5 Å². The fourth-order valence-electron chi connectivity index (χ4n) is 9.53. The fourth-order valence-corrected chi connectivity index (χ4v) is 10.7. The van der Waals surface area contributed by atoms with Crippen molar-refractivity contribution in [1.29, 1.82) is 0 Å². The standard InChI is InChI=1S/C56H34S/c1-2-14-35(15-3-1)41-29-30-49(44-22-7-6-21-43(41)44)55-47-25-10-8-23-45(47)54(46-24-9-11-26-48(46)55)39-19-12-17-37(32-39)40-27-13-18-38-33-51-53(34-50(38)40)57-52-31-28-36-16-4-5-20-42(36)56(51)52/h1-34H. The lowest BCUT2D eigenvalue weighted by atomic mass is 9.83. The molecule has 0 aliphatic carbocycles. The Morgan fingerprint density at radius 3 is 1.54 bits per heavy atom. The van der Waals surface area contributed by atoms with Crippen LogP contribution in [0.2, 0.25) is 0 Å². The molecule has 0 bridgehead atoms. The van der Waals surface area contributed by atoms with Crippen LogP contribution in [0.3, 0.4) is 0 Å². The zero-order valence-electron chi connectivity index (χ0n) is 31.0. The van der Waals surface area contributed by atoms with E-state index in [1.165, 1.54) is 119 Å². The highest BCUT2D eigenvalue weighted by atomic mass is 32.1. The van der Waals surface area contributed by atoms with Crippen LogP contribution < -0.4 is 0 Å². The summed E-state index contributed by atoms with van der Waals surface area (Å²) in [6, 6.07) is 76.5. The topological polar surface area (TPSA) is 0 Å². The minimum absolute atomic E-state index is 1.22. The van der Waals surface area contributed by atoms with Crippen LogP contribution in [0.4, 0.5) is 0 Å². The Labute approximate surface area is 334 Å². The molecule has 0 radical (unpaired) electrons. The van der Waals surface area contributed by atoms with Crippen molar-refractivity contribution in [2.75, 3.05) is 0 Å². The van der Waals surface area contributed by atoms with Crippen LogP contribution in [0.1, 0.15) is 0 Å².